The maximum Gasteiger partial charge on any atom is 0.323 e. The Morgan fingerprint density at radius 1 is 1.59 bits per heavy atom. The van der Waals surface area contributed by atoms with Crippen molar-refractivity contribution in [2.45, 2.75) is 38.8 Å². The molecule has 1 aliphatic heterocycles. The summed E-state index contributed by atoms with van der Waals surface area (Å²) in [6.45, 7) is 5.24. The third kappa shape index (κ3) is 2.31. The van der Waals surface area contributed by atoms with Gasteiger partial charge in [-0.3, -0.25) is 14.7 Å². The molecule has 4 heteroatoms. The zero-order chi connectivity index (χ0) is 12.5. The Bertz CT molecular complexity index is 416. The lowest BCUT2D eigenvalue weighted by atomic mass is 9.99. The number of aryl methyl sites for hydroxylation is 1. The minimum absolute atomic E-state index is 0.614. The van der Waals surface area contributed by atoms with Gasteiger partial charge in [-0.2, -0.15) is 0 Å². The maximum absolute atomic E-state index is 11.3. The fourth-order valence-corrected chi connectivity index (χ4v) is 2.30. The molecule has 1 N–H and O–H groups in total. The first kappa shape index (κ1) is 12.0. The summed E-state index contributed by atoms with van der Waals surface area (Å²) in [5.74, 6) is -0.734. The van der Waals surface area contributed by atoms with Gasteiger partial charge in [-0.15, -0.1) is 0 Å². The number of carboxylic acids is 1. The zero-order valence-corrected chi connectivity index (χ0v) is 10.3. The summed E-state index contributed by atoms with van der Waals surface area (Å²) >= 11 is 0. The van der Waals surface area contributed by atoms with Crippen LogP contribution in [-0.2, 0) is 11.3 Å². The van der Waals surface area contributed by atoms with E-state index in [9.17, 15) is 9.90 Å². The van der Waals surface area contributed by atoms with Gasteiger partial charge < -0.3 is 5.11 Å². The minimum Gasteiger partial charge on any atom is -0.480 e. The van der Waals surface area contributed by atoms with Gasteiger partial charge in [-0.05, 0) is 44.9 Å². The minimum atomic E-state index is -0.734. The molecule has 1 aliphatic rings. The fraction of sp³-hybridized carbons (Fsp3) is 0.538. The molecule has 1 fully saturated rings. The molecule has 0 bridgehead atoms. The topological polar surface area (TPSA) is 53.4 Å². The fourth-order valence-electron chi connectivity index (χ4n) is 2.30. The van der Waals surface area contributed by atoms with E-state index in [1.165, 1.54) is 0 Å². The number of hydrogen-bond donors (Lipinski definition) is 1. The number of nitrogens with zero attached hydrogens (tertiary/aromatic N) is 2. The largest absolute Gasteiger partial charge is 0.480 e. The zero-order valence-electron chi connectivity index (χ0n) is 10.3. The first-order valence-electron chi connectivity index (χ1n) is 5.92. The van der Waals surface area contributed by atoms with E-state index in [4.69, 9.17) is 0 Å². The number of likely N-dealkylation sites (tertiary alicyclic amines) is 1. The lowest BCUT2D eigenvalue weighted by molar-refractivity contribution is -0.148. The standard InChI is InChI=1S/C13H18N2O2/c1-10-4-5-11(14-8-10)9-15-7-3-6-13(15,2)12(16)17/h4-5,8H,3,6-7,9H2,1-2H3,(H,16,17). The third-order valence-electron chi connectivity index (χ3n) is 3.58. The van der Waals surface area contributed by atoms with Gasteiger partial charge in [0.1, 0.15) is 5.54 Å². The molecule has 1 saturated heterocycles. The van der Waals surface area contributed by atoms with Crippen LogP contribution < -0.4 is 0 Å². The number of carboxylic acid groups (broad SMARTS) is 1. The van der Waals surface area contributed by atoms with E-state index in [-0.39, 0.29) is 0 Å². The highest BCUT2D eigenvalue weighted by Gasteiger charge is 2.43. The van der Waals surface area contributed by atoms with E-state index < -0.39 is 11.5 Å². The molecule has 0 saturated carbocycles. The van der Waals surface area contributed by atoms with Crippen molar-refractivity contribution in [3.63, 3.8) is 0 Å². The molecule has 1 aromatic rings. The maximum atomic E-state index is 11.3. The van der Waals surface area contributed by atoms with Crippen LogP contribution in [0.15, 0.2) is 18.3 Å². The van der Waals surface area contributed by atoms with Crippen molar-refractivity contribution >= 4 is 5.97 Å². The molecular formula is C13H18N2O2. The van der Waals surface area contributed by atoms with Crippen LogP contribution in [0.5, 0.6) is 0 Å². The summed E-state index contributed by atoms with van der Waals surface area (Å²) < 4.78 is 0. The third-order valence-corrected chi connectivity index (χ3v) is 3.58. The van der Waals surface area contributed by atoms with Crippen molar-refractivity contribution in [3.05, 3.63) is 29.6 Å². The van der Waals surface area contributed by atoms with Crippen LogP contribution in [0.4, 0.5) is 0 Å². The van der Waals surface area contributed by atoms with Gasteiger partial charge in [0.25, 0.3) is 0 Å². The van der Waals surface area contributed by atoms with E-state index in [1.54, 1.807) is 6.92 Å². The molecule has 92 valence electrons. The van der Waals surface area contributed by atoms with Crippen molar-refractivity contribution in [1.82, 2.24) is 9.88 Å². The molecule has 1 unspecified atom stereocenters. The Labute approximate surface area is 101 Å². The molecule has 2 heterocycles. The molecule has 0 aliphatic carbocycles. The smallest absolute Gasteiger partial charge is 0.323 e. The van der Waals surface area contributed by atoms with Gasteiger partial charge in [0, 0.05) is 12.7 Å². The second-order valence-corrected chi connectivity index (χ2v) is 4.93. The van der Waals surface area contributed by atoms with Crippen LogP contribution in [0.25, 0.3) is 0 Å². The van der Waals surface area contributed by atoms with E-state index in [2.05, 4.69) is 4.98 Å². The van der Waals surface area contributed by atoms with Crippen LogP contribution in [0.2, 0.25) is 0 Å². The van der Waals surface area contributed by atoms with Crippen LogP contribution in [-0.4, -0.2) is 33.0 Å². The van der Waals surface area contributed by atoms with Gasteiger partial charge in [-0.1, -0.05) is 6.07 Å². The lowest BCUT2D eigenvalue weighted by Crippen LogP contribution is -2.47. The second kappa shape index (κ2) is 4.45. The van der Waals surface area contributed by atoms with Crippen LogP contribution in [0.3, 0.4) is 0 Å². The Morgan fingerprint density at radius 3 is 2.94 bits per heavy atom. The molecule has 0 amide bonds. The van der Waals surface area contributed by atoms with Crippen LogP contribution >= 0.6 is 0 Å². The van der Waals surface area contributed by atoms with Crippen molar-refractivity contribution < 1.29 is 9.90 Å². The molecule has 0 spiro atoms. The summed E-state index contributed by atoms with van der Waals surface area (Å²) in [5.41, 5.74) is 1.33. The van der Waals surface area contributed by atoms with Crippen molar-refractivity contribution in [3.8, 4) is 0 Å². The highest BCUT2D eigenvalue weighted by molar-refractivity contribution is 5.78. The number of pyridine rings is 1. The molecule has 2 rings (SSSR count). The summed E-state index contributed by atoms with van der Waals surface area (Å²) in [6.07, 6.45) is 3.48. The van der Waals surface area contributed by atoms with Crippen molar-refractivity contribution in [1.29, 1.82) is 0 Å². The van der Waals surface area contributed by atoms with Crippen LogP contribution in [0, 0.1) is 6.92 Å². The summed E-state index contributed by atoms with van der Waals surface area (Å²) in [6, 6.07) is 3.98. The van der Waals surface area contributed by atoms with Gasteiger partial charge in [-0.25, -0.2) is 0 Å². The summed E-state index contributed by atoms with van der Waals surface area (Å²) in [4.78, 5) is 17.7. The SMILES string of the molecule is Cc1ccc(CN2CCCC2(C)C(=O)O)nc1. The van der Waals surface area contributed by atoms with Gasteiger partial charge >= 0.3 is 5.97 Å². The average molecular weight is 234 g/mol. The van der Waals surface area contributed by atoms with Crippen molar-refractivity contribution in [2.24, 2.45) is 0 Å². The average Bonchev–Trinajstić information content (AvgIpc) is 2.65. The molecule has 0 aromatic carbocycles. The highest BCUT2D eigenvalue weighted by Crippen LogP contribution is 2.30. The number of rotatable bonds is 3. The summed E-state index contributed by atoms with van der Waals surface area (Å²) in [7, 11) is 0. The van der Waals surface area contributed by atoms with Gasteiger partial charge in [0.2, 0.25) is 0 Å². The lowest BCUT2D eigenvalue weighted by Gasteiger charge is -2.30. The first-order chi connectivity index (χ1) is 8.02. The van der Waals surface area contributed by atoms with Gasteiger partial charge in [0.05, 0.1) is 5.69 Å². The molecular weight excluding hydrogens is 216 g/mol. The quantitative estimate of drug-likeness (QED) is 0.867. The normalized spacial score (nSPS) is 25.1. The molecule has 17 heavy (non-hydrogen) atoms. The van der Waals surface area contributed by atoms with E-state index in [0.717, 1.165) is 24.2 Å². The Hall–Kier alpha value is -1.42. The van der Waals surface area contributed by atoms with E-state index in [1.807, 2.05) is 30.2 Å². The van der Waals surface area contributed by atoms with Crippen molar-refractivity contribution in [2.75, 3.05) is 6.54 Å². The molecule has 1 aromatic heterocycles. The monoisotopic (exact) mass is 234 g/mol. The summed E-state index contributed by atoms with van der Waals surface area (Å²) in [5, 5.41) is 9.30. The van der Waals surface area contributed by atoms with E-state index in [0.29, 0.717) is 13.0 Å². The van der Waals surface area contributed by atoms with E-state index >= 15 is 0 Å². The Kier molecular flexibility index (Phi) is 3.15. The van der Waals surface area contributed by atoms with Crippen LogP contribution in [0.1, 0.15) is 31.0 Å². The Morgan fingerprint density at radius 2 is 2.35 bits per heavy atom. The number of aromatic nitrogens is 1. The predicted octanol–water partition coefficient (Wildman–Crippen LogP) is 1.83. The second-order valence-electron chi connectivity index (χ2n) is 4.93. The Balaban J connectivity index is 2.13. The number of aliphatic carboxylic acids is 1. The molecule has 4 nitrogen and oxygen atoms in total. The molecule has 0 radical (unpaired) electrons. The number of carbonyl (C=O) groups is 1. The molecule has 1 atom stereocenters. The first-order valence-corrected chi connectivity index (χ1v) is 5.92. The van der Waals surface area contributed by atoms with Gasteiger partial charge in [0.15, 0.2) is 0 Å². The predicted molar refractivity (Wildman–Crippen MR) is 64.7 cm³/mol. The number of hydrogen-bond acceptors (Lipinski definition) is 3. The highest BCUT2D eigenvalue weighted by atomic mass is 16.4.